The first kappa shape index (κ1) is 13.3. The first-order valence-electron chi connectivity index (χ1n) is 6.58. The number of carboxylic acids is 1. The van der Waals surface area contributed by atoms with Crippen LogP contribution in [-0.2, 0) is 4.79 Å². The number of fused-ring (bicyclic) bond motifs is 2. The van der Waals surface area contributed by atoms with Gasteiger partial charge in [-0.15, -0.1) is 0 Å². The van der Waals surface area contributed by atoms with Crippen molar-refractivity contribution in [3.63, 3.8) is 0 Å². The van der Waals surface area contributed by atoms with E-state index in [4.69, 9.17) is 0 Å². The lowest BCUT2D eigenvalue weighted by atomic mass is 9.89. The largest absolute Gasteiger partial charge is 0.481 e. The van der Waals surface area contributed by atoms with Crippen molar-refractivity contribution in [1.82, 2.24) is 4.98 Å². The minimum atomic E-state index is -0.840. The van der Waals surface area contributed by atoms with Crippen LogP contribution >= 0.6 is 0 Å². The number of aliphatic carboxylic acids is 1. The molecule has 0 aliphatic carbocycles. The highest BCUT2D eigenvalue weighted by atomic mass is 16.6. The van der Waals surface area contributed by atoms with Gasteiger partial charge in [0.1, 0.15) is 23.6 Å². The molecular formula is C13H12N4O4. The number of pyridine rings is 1. The van der Waals surface area contributed by atoms with Crippen molar-refractivity contribution in [3.8, 4) is 6.07 Å². The Labute approximate surface area is 119 Å². The Kier molecular flexibility index (Phi) is 2.97. The van der Waals surface area contributed by atoms with E-state index in [1.54, 1.807) is 0 Å². The van der Waals surface area contributed by atoms with Crippen LogP contribution < -0.4 is 4.90 Å². The first-order chi connectivity index (χ1) is 10.0. The van der Waals surface area contributed by atoms with E-state index < -0.39 is 16.8 Å². The number of nitro groups is 1. The number of nitriles is 1. The summed E-state index contributed by atoms with van der Waals surface area (Å²) in [5, 5.41) is 29.2. The molecule has 2 aliphatic rings. The van der Waals surface area contributed by atoms with Crippen molar-refractivity contribution < 1.29 is 14.8 Å². The number of nitrogens with zero attached hydrogens (tertiary/aromatic N) is 4. The van der Waals surface area contributed by atoms with Crippen LogP contribution in [0.25, 0.3) is 0 Å². The summed E-state index contributed by atoms with van der Waals surface area (Å²) in [7, 11) is 0. The van der Waals surface area contributed by atoms with Crippen molar-refractivity contribution in [3.05, 3.63) is 27.9 Å². The van der Waals surface area contributed by atoms with Crippen LogP contribution in [0.3, 0.4) is 0 Å². The predicted octanol–water partition coefficient (Wildman–Crippen LogP) is 1.30. The molecular weight excluding hydrogens is 276 g/mol. The van der Waals surface area contributed by atoms with E-state index in [1.807, 2.05) is 11.0 Å². The lowest BCUT2D eigenvalue weighted by molar-refractivity contribution is -0.385. The Bertz CT molecular complexity index is 669. The van der Waals surface area contributed by atoms with Crippen molar-refractivity contribution >= 4 is 17.5 Å². The fraction of sp³-hybridized carbons (Fsp3) is 0.462. The summed E-state index contributed by atoms with van der Waals surface area (Å²) in [4.78, 5) is 27.3. The van der Waals surface area contributed by atoms with E-state index >= 15 is 0 Å². The molecule has 1 N–H and O–H groups in total. The van der Waals surface area contributed by atoms with Crippen LogP contribution in [0.1, 0.15) is 24.8 Å². The third-order valence-corrected chi connectivity index (χ3v) is 4.28. The van der Waals surface area contributed by atoms with E-state index in [9.17, 15) is 25.3 Å². The van der Waals surface area contributed by atoms with Gasteiger partial charge in [-0.05, 0) is 19.3 Å². The van der Waals surface area contributed by atoms with Crippen molar-refractivity contribution in [2.45, 2.75) is 31.3 Å². The van der Waals surface area contributed by atoms with Gasteiger partial charge in [0.25, 0.3) is 5.69 Å². The molecule has 2 bridgehead atoms. The summed E-state index contributed by atoms with van der Waals surface area (Å²) in [6, 6.07) is 2.97. The average molecular weight is 288 g/mol. The number of aromatic nitrogens is 1. The monoisotopic (exact) mass is 288 g/mol. The van der Waals surface area contributed by atoms with Gasteiger partial charge in [0.05, 0.1) is 10.8 Å². The Balaban J connectivity index is 2.00. The molecule has 2 saturated heterocycles. The SMILES string of the molecule is N#Cc1cc([N+](=O)[O-])cnc1N1C2CCC1C(C(=O)O)C2. The highest BCUT2D eigenvalue weighted by Crippen LogP contribution is 2.45. The lowest BCUT2D eigenvalue weighted by Gasteiger charge is -2.24. The molecule has 0 spiro atoms. The number of rotatable bonds is 3. The second-order valence-electron chi connectivity index (χ2n) is 5.32. The molecule has 1 aromatic rings. The molecule has 8 heteroatoms. The van der Waals surface area contributed by atoms with Crippen molar-refractivity contribution in [2.24, 2.45) is 5.92 Å². The third kappa shape index (κ3) is 1.98. The molecule has 2 aliphatic heterocycles. The molecule has 3 atom stereocenters. The molecule has 8 nitrogen and oxygen atoms in total. The molecule has 3 rings (SSSR count). The molecule has 3 unspecified atom stereocenters. The molecule has 0 radical (unpaired) electrons. The Morgan fingerprint density at radius 3 is 2.90 bits per heavy atom. The van der Waals surface area contributed by atoms with Crippen molar-refractivity contribution in [2.75, 3.05) is 4.90 Å². The normalized spacial score (nSPS) is 26.6. The minimum absolute atomic E-state index is 0.0390. The fourth-order valence-corrected chi connectivity index (χ4v) is 3.42. The topological polar surface area (TPSA) is 120 Å². The second kappa shape index (κ2) is 4.70. The minimum Gasteiger partial charge on any atom is -0.481 e. The van der Waals surface area contributed by atoms with E-state index in [1.165, 1.54) is 6.07 Å². The summed E-state index contributed by atoms with van der Waals surface area (Å²) in [6.07, 6.45) is 3.25. The summed E-state index contributed by atoms with van der Waals surface area (Å²) >= 11 is 0. The average Bonchev–Trinajstić information content (AvgIpc) is 3.04. The summed E-state index contributed by atoms with van der Waals surface area (Å²) < 4.78 is 0. The van der Waals surface area contributed by atoms with E-state index in [2.05, 4.69) is 4.98 Å². The van der Waals surface area contributed by atoms with Gasteiger partial charge in [0.2, 0.25) is 0 Å². The van der Waals surface area contributed by atoms with Gasteiger partial charge in [-0.3, -0.25) is 14.9 Å². The van der Waals surface area contributed by atoms with Gasteiger partial charge >= 0.3 is 5.97 Å². The Hall–Kier alpha value is -2.69. The highest BCUT2D eigenvalue weighted by Gasteiger charge is 2.50. The standard InChI is InChI=1S/C13H12N4O4/c14-5-7-3-9(17(20)21)6-15-12(7)16-8-1-2-11(16)10(4-8)13(18)19/h3,6,8,10-11H,1-2,4H2,(H,18,19). The van der Waals surface area contributed by atoms with Crippen LogP contribution in [0.5, 0.6) is 0 Å². The van der Waals surface area contributed by atoms with Gasteiger partial charge in [-0.1, -0.05) is 0 Å². The maximum atomic E-state index is 11.3. The van der Waals surface area contributed by atoms with Crippen LogP contribution in [0.2, 0.25) is 0 Å². The molecule has 1 aromatic heterocycles. The number of hydrogen-bond donors (Lipinski definition) is 1. The van der Waals surface area contributed by atoms with E-state index in [-0.39, 0.29) is 23.3 Å². The summed E-state index contributed by atoms with van der Waals surface area (Å²) in [5.41, 5.74) is -0.122. The van der Waals surface area contributed by atoms with Crippen molar-refractivity contribution in [1.29, 1.82) is 5.26 Å². The van der Waals surface area contributed by atoms with Gasteiger partial charge < -0.3 is 10.0 Å². The van der Waals surface area contributed by atoms with Crippen LogP contribution in [-0.4, -0.2) is 33.1 Å². The lowest BCUT2D eigenvalue weighted by Crippen LogP contribution is -2.34. The predicted molar refractivity (Wildman–Crippen MR) is 70.6 cm³/mol. The molecule has 3 heterocycles. The van der Waals surface area contributed by atoms with E-state index in [0.717, 1.165) is 19.0 Å². The van der Waals surface area contributed by atoms with E-state index in [0.29, 0.717) is 12.2 Å². The van der Waals surface area contributed by atoms with Crippen LogP contribution in [0.4, 0.5) is 11.5 Å². The third-order valence-electron chi connectivity index (χ3n) is 4.28. The number of carbonyl (C=O) groups is 1. The van der Waals surface area contributed by atoms with Crippen LogP contribution in [0, 0.1) is 27.4 Å². The first-order valence-corrected chi connectivity index (χ1v) is 6.58. The number of hydrogen-bond acceptors (Lipinski definition) is 6. The fourth-order valence-electron chi connectivity index (χ4n) is 3.42. The zero-order valence-electron chi connectivity index (χ0n) is 11.0. The number of carboxylic acid groups (broad SMARTS) is 1. The van der Waals surface area contributed by atoms with Gasteiger partial charge in [0, 0.05) is 18.2 Å². The molecule has 108 valence electrons. The maximum Gasteiger partial charge on any atom is 0.308 e. The van der Waals surface area contributed by atoms with Gasteiger partial charge in [-0.2, -0.15) is 5.26 Å². The smallest absolute Gasteiger partial charge is 0.308 e. The summed E-state index contributed by atoms with van der Waals surface area (Å²) in [6.45, 7) is 0. The Morgan fingerprint density at radius 1 is 1.57 bits per heavy atom. The molecule has 0 aromatic carbocycles. The van der Waals surface area contributed by atoms with Gasteiger partial charge in [-0.25, -0.2) is 4.98 Å². The van der Waals surface area contributed by atoms with Crippen LogP contribution in [0.15, 0.2) is 12.3 Å². The molecule has 2 fully saturated rings. The summed E-state index contributed by atoms with van der Waals surface area (Å²) in [5.74, 6) is -0.945. The second-order valence-corrected chi connectivity index (χ2v) is 5.32. The zero-order valence-corrected chi connectivity index (χ0v) is 11.0. The van der Waals surface area contributed by atoms with Gasteiger partial charge in [0.15, 0.2) is 0 Å². The quantitative estimate of drug-likeness (QED) is 0.657. The number of anilines is 1. The maximum absolute atomic E-state index is 11.3. The highest BCUT2D eigenvalue weighted by molar-refractivity contribution is 5.74. The molecule has 0 amide bonds. The molecule has 0 saturated carbocycles. The zero-order chi connectivity index (χ0) is 15.1. The Morgan fingerprint density at radius 2 is 2.33 bits per heavy atom. The molecule has 21 heavy (non-hydrogen) atoms.